The molecule has 1 aliphatic heterocycles. The van der Waals surface area contributed by atoms with E-state index in [1.54, 1.807) is 24.3 Å². The highest BCUT2D eigenvalue weighted by Crippen LogP contribution is 2.43. The fourth-order valence-electron chi connectivity index (χ4n) is 4.19. The minimum absolute atomic E-state index is 0.0276. The van der Waals surface area contributed by atoms with Crippen molar-refractivity contribution in [3.8, 4) is 11.5 Å². The van der Waals surface area contributed by atoms with Crippen molar-refractivity contribution < 1.29 is 28.8 Å². The van der Waals surface area contributed by atoms with E-state index in [9.17, 15) is 5.11 Å². The predicted molar refractivity (Wildman–Crippen MR) is 148 cm³/mol. The lowest BCUT2D eigenvalue weighted by Gasteiger charge is -2.24. The van der Waals surface area contributed by atoms with Crippen LogP contribution in [0.25, 0.3) is 21.5 Å². The van der Waals surface area contributed by atoms with E-state index in [2.05, 4.69) is 20.8 Å². The molecule has 1 aliphatic rings. The summed E-state index contributed by atoms with van der Waals surface area (Å²) in [5, 5.41) is 14.8. The first-order chi connectivity index (χ1) is 17.9. The number of rotatable bonds is 15. The molecule has 4 rings (SSSR count). The van der Waals surface area contributed by atoms with Crippen molar-refractivity contribution in [2.24, 2.45) is 0 Å². The summed E-state index contributed by atoms with van der Waals surface area (Å²) in [6.45, 7) is 9.03. The van der Waals surface area contributed by atoms with Gasteiger partial charge >= 0.3 is 0 Å². The first-order valence-electron chi connectivity index (χ1n) is 13.1. The Balaban J connectivity index is 1.41. The van der Waals surface area contributed by atoms with Crippen LogP contribution in [0.5, 0.6) is 11.5 Å². The average molecular weight is 552 g/mol. The number of halogens is 2. The fourth-order valence-corrected chi connectivity index (χ4v) is 4.53. The molecular weight excluding hydrogens is 515 g/mol. The maximum Gasteiger partial charge on any atom is 0.135 e. The van der Waals surface area contributed by atoms with Crippen LogP contribution in [0, 0.1) is 0 Å². The van der Waals surface area contributed by atoms with E-state index < -0.39 is 0 Å². The number of phenolic OH excluding ortho intramolecular Hbond substituents is 1. The number of fused-ring (bicyclic) bond motifs is 2. The van der Waals surface area contributed by atoms with Crippen molar-refractivity contribution in [3.05, 3.63) is 46.4 Å². The van der Waals surface area contributed by atoms with E-state index in [1.165, 1.54) is 0 Å². The zero-order valence-electron chi connectivity index (χ0n) is 21.7. The Morgan fingerprint density at radius 1 is 0.784 bits per heavy atom. The smallest absolute Gasteiger partial charge is 0.135 e. The maximum absolute atomic E-state index is 10.9. The second-order valence-electron chi connectivity index (χ2n) is 9.41. The minimum atomic E-state index is -0.131. The molecule has 1 N–H and O–H groups in total. The van der Waals surface area contributed by atoms with Crippen molar-refractivity contribution in [1.82, 2.24) is 0 Å². The van der Waals surface area contributed by atoms with Gasteiger partial charge in [-0.05, 0) is 55.7 Å². The molecule has 1 saturated heterocycles. The summed E-state index contributed by atoms with van der Waals surface area (Å²) >= 11 is 12.5. The van der Waals surface area contributed by atoms with Crippen molar-refractivity contribution in [3.63, 3.8) is 0 Å². The van der Waals surface area contributed by atoms with Crippen molar-refractivity contribution >= 4 is 44.7 Å². The summed E-state index contributed by atoms with van der Waals surface area (Å²) in [7, 11) is 0. The summed E-state index contributed by atoms with van der Waals surface area (Å²) in [4.78, 5) is 0. The molecule has 8 heteroatoms. The third-order valence-electron chi connectivity index (χ3n) is 6.70. The van der Waals surface area contributed by atoms with Gasteiger partial charge in [0, 0.05) is 31.6 Å². The largest absolute Gasteiger partial charge is 0.507 e. The van der Waals surface area contributed by atoms with E-state index in [0.29, 0.717) is 53.0 Å². The monoisotopic (exact) mass is 550 g/mol. The maximum atomic E-state index is 10.9. The molecule has 4 unspecified atom stereocenters. The van der Waals surface area contributed by atoms with E-state index >= 15 is 0 Å². The second kappa shape index (κ2) is 13.3. The number of hydrogen-bond acceptors (Lipinski definition) is 6. The number of phenols is 1. The Hall–Kier alpha value is -1.80. The van der Waals surface area contributed by atoms with Crippen LogP contribution in [0.2, 0.25) is 10.0 Å². The number of hydrogen-bond donors (Lipinski definition) is 1. The van der Waals surface area contributed by atoms with Gasteiger partial charge in [-0.2, -0.15) is 0 Å². The lowest BCUT2D eigenvalue weighted by atomic mass is 10.0. The van der Waals surface area contributed by atoms with Crippen molar-refractivity contribution in [2.45, 2.75) is 64.4 Å². The van der Waals surface area contributed by atoms with E-state index in [0.717, 1.165) is 36.6 Å². The van der Waals surface area contributed by atoms with Gasteiger partial charge in [0.15, 0.2) is 0 Å². The van der Waals surface area contributed by atoms with Gasteiger partial charge in [0.2, 0.25) is 0 Å². The molecule has 0 aromatic heterocycles. The highest BCUT2D eigenvalue weighted by molar-refractivity contribution is 6.32. The first-order valence-corrected chi connectivity index (χ1v) is 13.8. The SMILES string of the molecule is CCC(COc1c2ccc(Cl)cc2c(O)c2ccc(Cl)cc12)OCC(CC)OCC(CC)OCC1CO1. The lowest BCUT2D eigenvalue weighted by molar-refractivity contribution is -0.0886. The summed E-state index contributed by atoms with van der Waals surface area (Å²) in [5.41, 5.74) is 0. The molecule has 0 radical (unpaired) electrons. The molecule has 6 nitrogen and oxygen atoms in total. The molecule has 0 amide bonds. The number of aromatic hydroxyl groups is 1. The molecule has 0 bridgehead atoms. The van der Waals surface area contributed by atoms with Gasteiger partial charge in [-0.25, -0.2) is 0 Å². The lowest BCUT2D eigenvalue weighted by Crippen LogP contribution is -2.30. The minimum Gasteiger partial charge on any atom is -0.507 e. The first kappa shape index (κ1) is 28.2. The molecule has 0 spiro atoms. The molecule has 4 atom stereocenters. The Kier molecular flexibility index (Phi) is 10.2. The Morgan fingerprint density at radius 2 is 1.32 bits per heavy atom. The highest BCUT2D eigenvalue weighted by atomic mass is 35.5. The Bertz CT molecular complexity index is 1180. The van der Waals surface area contributed by atoms with Gasteiger partial charge in [-0.3, -0.25) is 0 Å². The third-order valence-corrected chi connectivity index (χ3v) is 7.17. The van der Waals surface area contributed by atoms with Gasteiger partial charge in [0.25, 0.3) is 0 Å². The quantitative estimate of drug-likeness (QED) is 0.160. The van der Waals surface area contributed by atoms with Crippen LogP contribution in [-0.4, -0.2) is 62.6 Å². The Labute approximate surface area is 228 Å². The molecule has 1 fully saturated rings. The van der Waals surface area contributed by atoms with Gasteiger partial charge in [0.05, 0.1) is 44.7 Å². The van der Waals surface area contributed by atoms with E-state index in [4.69, 9.17) is 46.9 Å². The summed E-state index contributed by atoms with van der Waals surface area (Å²) in [6.07, 6.45) is 2.65. The third kappa shape index (κ3) is 7.41. The van der Waals surface area contributed by atoms with Gasteiger partial charge in [-0.1, -0.05) is 44.0 Å². The number of ether oxygens (including phenoxy) is 5. The summed E-state index contributed by atoms with van der Waals surface area (Å²) in [5.74, 6) is 0.802. The summed E-state index contributed by atoms with van der Waals surface area (Å²) < 4.78 is 29.8. The topological polar surface area (TPSA) is 69.7 Å². The van der Waals surface area contributed by atoms with E-state index in [-0.39, 0.29) is 30.2 Å². The predicted octanol–water partition coefficient (Wildman–Crippen LogP) is 7.17. The van der Waals surface area contributed by atoms with Crippen molar-refractivity contribution in [1.29, 1.82) is 0 Å². The molecule has 3 aromatic carbocycles. The standard InChI is InChI=1S/C29H36Cl2O6/c1-4-20(33-14-21(5-2)35-16-23-17-36-23)13-34-22(6-3)15-37-29-25-10-8-18(30)11-26(25)28(32)24-9-7-19(31)12-27(24)29/h7-12,20-23,32H,4-6,13-17H2,1-3H3. The highest BCUT2D eigenvalue weighted by Gasteiger charge is 2.24. The van der Waals surface area contributed by atoms with Gasteiger partial charge in [0.1, 0.15) is 24.2 Å². The van der Waals surface area contributed by atoms with Crippen molar-refractivity contribution in [2.75, 3.05) is 33.0 Å². The van der Waals surface area contributed by atoms with Crippen LogP contribution in [0.4, 0.5) is 0 Å². The summed E-state index contributed by atoms with van der Waals surface area (Å²) in [6, 6.07) is 10.7. The fraction of sp³-hybridized carbons (Fsp3) is 0.517. The number of epoxide rings is 1. The van der Waals surface area contributed by atoms with Crippen LogP contribution in [0.1, 0.15) is 40.0 Å². The molecule has 0 saturated carbocycles. The zero-order chi connectivity index (χ0) is 26.4. The van der Waals surface area contributed by atoms with Crippen LogP contribution in [0.3, 0.4) is 0 Å². The zero-order valence-corrected chi connectivity index (χ0v) is 23.2. The molecular formula is C29H36Cl2O6. The van der Waals surface area contributed by atoms with Gasteiger partial charge < -0.3 is 28.8 Å². The molecule has 1 heterocycles. The van der Waals surface area contributed by atoms with Gasteiger partial charge in [-0.15, -0.1) is 0 Å². The molecule has 3 aromatic rings. The van der Waals surface area contributed by atoms with E-state index in [1.807, 2.05) is 12.1 Å². The van der Waals surface area contributed by atoms with Crippen LogP contribution in [0.15, 0.2) is 36.4 Å². The molecule has 0 aliphatic carbocycles. The second-order valence-corrected chi connectivity index (χ2v) is 10.3. The number of benzene rings is 3. The van der Waals surface area contributed by atoms with Crippen LogP contribution < -0.4 is 4.74 Å². The molecule has 37 heavy (non-hydrogen) atoms. The normalized spacial score (nSPS) is 17.7. The van der Waals surface area contributed by atoms with Crippen LogP contribution in [-0.2, 0) is 18.9 Å². The van der Waals surface area contributed by atoms with Crippen LogP contribution >= 0.6 is 23.2 Å². The molecule has 202 valence electrons. The average Bonchev–Trinajstić information content (AvgIpc) is 3.73. The Morgan fingerprint density at radius 3 is 1.92 bits per heavy atom.